The molecule has 0 atom stereocenters. The molecule has 1 aromatic carbocycles. The van der Waals surface area contributed by atoms with E-state index in [1.54, 1.807) is 11.3 Å². The lowest BCUT2D eigenvalue weighted by Crippen LogP contribution is -2.37. The number of benzene rings is 1. The average Bonchev–Trinajstić information content (AvgIpc) is 3.07. The normalized spacial score (nSPS) is 15.2. The second kappa shape index (κ2) is 12.6. The maximum absolute atomic E-state index is 4.59. The van der Waals surface area contributed by atoms with Crippen molar-refractivity contribution in [1.29, 1.82) is 0 Å². The summed E-state index contributed by atoms with van der Waals surface area (Å²) in [7, 11) is 4.09. The third kappa shape index (κ3) is 7.20. The van der Waals surface area contributed by atoms with Crippen LogP contribution in [0.25, 0.3) is 0 Å². The van der Waals surface area contributed by atoms with E-state index in [1.165, 1.54) is 48.1 Å². The Kier molecular flexibility index (Phi) is 10.5. The largest absolute Gasteiger partial charge is 0.352 e. The maximum atomic E-state index is 4.59. The third-order valence-corrected chi connectivity index (χ3v) is 6.96. The van der Waals surface area contributed by atoms with Crippen LogP contribution >= 0.6 is 35.3 Å². The van der Waals surface area contributed by atoms with Crippen molar-refractivity contribution in [2.75, 3.05) is 14.1 Å². The smallest absolute Gasteiger partial charge is 0.191 e. The first kappa shape index (κ1) is 25.1. The second-order valence-corrected chi connectivity index (χ2v) is 9.29. The van der Waals surface area contributed by atoms with Crippen molar-refractivity contribution in [3.8, 4) is 0 Å². The first-order valence-corrected chi connectivity index (χ1v) is 11.5. The average molecular weight is 542 g/mol. The number of nitrogens with zero attached hydrogens (tertiary/aromatic N) is 3. The number of aromatic nitrogens is 1. The fraction of sp³-hybridized carbons (Fsp3) is 0.565. The zero-order valence-corrected chi connectivity index (χ0v) is 21.8. The minimum atomic E-state index is 0. The number of hydrogen-bond donors (Lipinski definition) is 2. The summed E-state index contributed by atoms with van der Waals surface area (Å²) in [5.74, 6) is 0.811. The van der Waals surface area contributed by atoms with Gasteiger partial charge in [-0.25, -0.2) is 4.98 Å². The van der Waals surface area contributed by atoms with Crippen LogP contribution in [-0.4, -0.2) is 36.0 Å². The minimum absolute atomic E-state index is 0. The highest BCUT2D eigenvalue weighted by Crippen LogP contribution is 2.23. The number of guanidine groups is 1. The quantitative estimate of drug-likeness (QED) is 0.294. The molecule has 1 aliphatic rings. The summed E-state index contributed by atoms with van der Waals surface area (Å²) in [6.07, 6.45) is 6.82. The number of rotatable bonds is 7. The van der Waals surface area contributed by atoms with E-state index in [9.17, 15) is 0 Å². The molecule has 7 heteroatoms. The van der Waals surface area contributed by atoms with E-state index in [1.807, 2.05) is 7.05 Å². The van der Waals surface area contributed by atoms with Gasteiger partial charge in [0.05, 0.1) is 12.2 Å². The molecule has 30 heavy (non-hydrogen) atoms. The number of aliphatic imine (C=N–C) groups is 1. The lowest BCUT2D eigenvalue weighted by Gasteiger charge is -2.31. The van der Waals surface area contributed by atoms with Crippen molar-refractivity contribution < 1.29 is 0 Å². The van der Waals surface area contributed by atoms with E-state index in [0.29, 0.717) is 6.54 Å². The Bertz CT molecular complexity index is 794. The van der Waals surface area contributed by atoms with Crippen LogP contribution in [0, 0.1) is 13.8 Å². The van der Waals surface area contributed by atoms with Crippen molar-refractivity contribution in [3.63, 3.8) is 0 Å². The standard InChI is InChI=1S/C23H35N5S.HI/c1-17-18(2)29-22(27-17)15-26-23(24-3)25-14-19-10-8-9-11-20(19)16-28(4)21-12-6-5-7-13-21;/h8-11,21H,5-7,12-16H2,1-4H3,(H2,24,25,26);1H. The molecule has 0 unspecified atom stereocenters. The van der Waals surface area contributed by atoms with Gasteiger partial charge < -0.3 is 10.6 Å². The van der Waals surface area contributed by atoms with Gasteiger partial charge in [-0.05, 0) is 44.9 Å². The molecule has 5 nitrogen and oxygen atoms in total. The van der Waals surface area contributed by atoms with Crippen molar-refractivity contribution in [2.24, 2.45) is 4.99 Å². The summed E-state index contributed by atoms with van der Waals surface area (Å²) in [6.45, 7) is 6.65. The molecule has 2 aromatic rings. The SMILES string of the molecule is CN=C(NCc1nc(C)c(C)s1)NCc1ccccc1CN(C)C1CCCCC1.I. The van der Waals surface area contributed by atoms with Gasteiger partial charge in [0.25, 0.3) is 0 Å². The van der Waals surface area contributed by atoms with E-state index in [0.717, 1.165) is 35.8 Å². The van der Waals surface area contributed by atoms with Crippen molar-refractivity contribution in [2.45, 2.75) is 71.6 Å². The first-order chi connectivity index (χ1) is 14.1. The highest BCUT2D eigenvalue weighted by molar-refractivity contribution is 14.0. The minimum Gasteiger partial charge on any atom is -0.352 e. The second-order valence-electron chi connectivity index (χ2n) is 8.00. The van der Waals surface area contributed by atoms with Gasteiger partial charge in [0.1, 0.15) is 5.01 Å². The molecule has 1 heterocycles. The number of halogens is 1. The Labute approximate surface area is 202 Å². The van der Waals surface area contributed by atoms with Gasteiger partial charge in [-0.15, -0.1) is 35.3 Å². The number of aryl methyl sites for hydroxylation is 2. The maximum Gasteiger partial charge on any atom is 0.191 e. The Balaban J connectivity index is 0.00000320. The summed E-state index contributed by atoms with van der Waals surface area (Å²) >= 11 is 1.74. The van der Waals surface area contributed by atoms with Crippen molar-refractivity contribution >= 4 is 41.3 Å². The molecule has 3 rings (SSSR count). The van der Waals surface area contributed by atoms with Crippen molar-refractivity contribution in [1.82, 2.24) is 20.5 Å². The molecule has 1 saturated carbocycles. The summed E-state index contributed by atoms with van der Waals surface area (Å²) < 4.78 is 0. The summed E-state index contributed by atoms with van der Waals surface area (Å²) in [6, 6.07) is 9.47. The monoisotopic (exact) mass is 541 g/mol. The number of nitrogens with one attached hydrogen (secondary N) is 2. The highest BCUT2D eigenvalue weighted by Gasteiger charge is 2.18. The van der Waals surface area contributed by atoms with Crippen LogP contribution in [0.15, 0.2) is 29.3 Å². The van der Waals surface area contributed by atoms with E-state index >= 15 is 0 Å². The van der Waals surface area contributed by atoms with E-state index in [2.05, 4.69) is 70.7 Å². The van der Waals surface area contributed by atoms with Crippen LogP contribution in [0.3, 0.4) is 0 Å². The van der Waals surface area contributed by atoms with Gasteiger partial charge in [-0.2, -0.15) is 0 Å². The number of hydrogen-bond acceptors (Lipinski definition) is 4. The van der Waals surface area contributed by atoms with E-state index in [-0.39, 0.29) is 24.0 Å². The number of thiazole rings is 1. The van der Waals surface area contributed by atoms with Crippen LogP contribution in [0.1, 0.15) is 58.8 Å². The summed E-state index contributed by atoms with van der Waals surface area (Å²) in [5.41, 5.74) is 3.85. The topological polar surface area (TPSA) is 52.6 Å². The third-order valence-electron chi connectivity index (χ3n) is 5.89. The zero-order valence-electron chi connectivity index (χ0n) is 18.7. The summed E-state index contributed by atoms with van der Waals surface area (Å²) in [4.78, 5) is 12.8. The molecule has 0 radical (unpaired) electrons. The van der Waals surface area contributed by atoms with Gasteiger partial charge in [0.15, 0.2) is 5.96 Å². The lowest BCUT2D eigenvalue weighted by atomic mass is 9.94. The Morgan fingerprint density at radius 3 is 2.40 bits per heavy atom. The Morgan fingerprint density at radius 2 is 1.77 bits per heavy atom. The molecule has 0 spiro atoms. The first-order valence-electron chi connectivity index (χ1n) is 10.7. The van der Waals surface area contributed by atoms with Crippen LogP contribution in [0.5, 0.6) is 0 Å². The fourth-order valence-corrected chi connectivity index (χ4v) is 4.85. The van der Waals surface area contributed by atoms with Gasteiger partial charge in [-0.1, -0.05) is 43.5 Å². The lowest BCUT2D eigenvalue weighted by molar-refractivity contribution is 0.184. The molecule has 166 valence electrons. The molecular weight excluding hydrogens is 505 g/mol. The van der Waals surface area contributed by atoms with Gasteiger partial charge >= 0.3 is 0 Å². The van der Waals surface area contributed by atoms with Gasteiger partial charge in [0, 0.05) is 31.1 Å². The molecule has 0 saturated heterocycles. The molecular formula is C23H36IN5S. The Hall–Kier alpha value is -1.19. The van der Waals surface area contributed by atoms with Crippen LogP contribution in [0.2, 0.25) is 0 Å². The zero-order chi connectivity index (χ0) is 20.6. The molecule has 2 N–H and O–H groups in total. The van der Waals surface area contributed by atoms with E-state index < -0.39 is 0 Å². The molecule has 0 bridgehead atoms. The van der Waals surface area contributed by atoms with Crippen LogP contribution in [0.4, 0.5) is 0 Å². The molecule has 1 aromatic heterocycles. The Morgan fingerprint density at radius 1 is 1.10 bits per heavy atom. The van der Waals surface area contributed by atoms with Crippen molar-refractivity contribution in [3.05, 3.63) is 51.0 Å². The van der Waals surface area contributed by atoms with Crippen LogP contribution < -0.4 is 10.6 Å². The van der Waals surface area contributed by atoms with E-state index in [4.69, 9.17) is 0 Å². The van der Waals surface area contributed by atoms with Crippen LogP contribution in [-0.2, 0) is 19.6 Å². The highest BCUT2D eigenvalue weighted by atomic mass is 127. The molecule has 0 amide bonds. The molecule has 0 aliphatic heterocycles. The fourth-order valence-electron chi connectivity index (χ4n) is 3.98. The van der Waals surface area contributed by atoms with Gasteiger partial charge in [0.2, 0.25) is 0 Å². The molecule has 1 aliphatic carbocycles. The molecule has 1 fully saturated rings. The predicted octanol–water partition coefficient (Wildman–Crippen LogP) is 5.01. The summed E-state index contributed by atoms with van der Waals surface area (Å²) in [5, 5.41) is 7.95. The van der Waals surface area contributed by atoms with Gasteiger partial charge in [-0.3, -0.25) is 9.89 Å². The predicted molar refractivity (Wildman–Crippen MR) is 139 cm³/mol.